The van der Waals surface area contributed by atoms with E-state index in [9.17, 15) is 4.79 Å². The molecule has 2 atom stereocenters. The Hall–Kier alpha value is -1.91. The summed E-state index contributed by atoms with van der Waals surface area (Å²) in [6.07, 6.45) is 0. The third-order valence-corrected chi connectivity index (χ3v) is 4.85. The van der Waals surface area contributed by atoms with Crippen molar-refractivity contribution in [2.24, 2.45) is 16.8 Å². The number of esters is 1. The predicted octanol–water partition coefficient (Wildman–Crippen LogP) is 2.15. The zero-order chi connectivity index (χ0) is 20.0. The number of rotatable bonds is 6. The minimum atomic E-state index is -0.179. The molecule has 158 valence electrons. The monoisotopic (exact) mass is 507 g/mol. The Bertz CT molecular complexity index is 698. The zero-order valence-electron chi connectivity index (χ0n) is 17.3. The van der Waals surface area contributed by atoms with E-state index < -0.39 is 0 Å². The van der Waals surface area contributed by atoms with Gasteiger partial charge in [-0.15, -0.1) is 24.0 Å². The van der Waals surface area contributed by atoms with Gasteiger partial charge in [0, 0.05) is 38.3 Å². The molecule has 1 N–H and O–H groups in total. The summed E-state index contributed by atoms with van der Waals surface area (Å²) < 4.78 is 21.1. The highest BCUT2D eigenvalue weighted by Crippen LogP contribution is 2.34. The molecule has 1 aromatic carbocycles. The number of benzene rings is 1. The number of nitrogens with one attached hydrogen (secondary N) is 1. The number of carbonyl (C=O) groups is 1. The Kier molecular flexibility index (Phi) is 9.63. The molecule has 0 spiro atoms. The van der Waals surface area contributed by atoms with Crippen molar-refractivity contribution in [3.05, 3.63) is 17.7 Å². The number of ether oxygens (including phenoxy) is 4. The SMILES string of the molecule is CN=C(NCc1cc(OC)c(OC)cc1OC)N1CC(C)C(C(=O)OC)C1.I. The zero-order valence-corrected chi connectivity index (χ0v) is 19.6. The molecule has 1 saturated heterocycles. The molecule has 2 unspecified atom stereocenters. The van der Waals surface area contributed by atoms with E-state index in [-0.39, 0.29) is 41.8 Å². The minimum Gasteiger partial charge on any atom is -0.496 e. The molecule has 28 heavy (non-hydrogen) atoms. The molecule has 0 bridgehead atoms. The number of carbonyl (C=O) groups excluding carboxylic acids is 1. The molecule has 8 nitrogen and oxygen atoms in total. The normalized spacial score (nSPS) is 18.9. The average Bonchev–Trinajstić information content (AvgIpc) is 3.08. The van der Waals surface area contributed by atoms with Crippen molar-refractivity contribution in [1.82, 2.24) is 10.2 Å². The lowest BCUT2D eigenvalue weighted by Gasteiger charge is -2.22. The largest absolute Gasteiger partial charge is 0.496 e. The number of halogens is 1. The molecule has 1 heterocycles. The van der Waals surface area contributed by atoms with Crippen LogP contribution in [0.2, 0.25) is 0 Å². The lowest BCUT2D eigenvalue weighted by atomic mass is 9.99. The summed E-state index contributed by atoms with van der Waals surface area (Å²) in [5.74, 6) is 2.53. The van der Waals surface area contributed by atoms with Crippen LogP contribution in [0, 0.1) is 11.8 Å². The quantitative estimate of drug-likeness (QED) is 0.274. The molecule has 2 rings (SSSR count). The molecule has 1 aromatic rings. The molecular weight excluding hydrogens is 477 g/mol. The summed E-state index contributed by atoms with van der Waals surface area (Å²) in [5.41, 5.74) is 0.910. The average molecular weight is 507 g/mol. The van der Waals surface area contributed by atoms with Crippen LogP contribution in [0.1, 0.15) is 12.5 Å². The van der Waals surface area contributed by atoms with Gasteiger partial charge in [0.15, 0.2) is 17.5 Å². The van der Waals surface area contributed by atoms with Crippen molar-refractivity contribution in [1.29, 1.82) is 0 Å². The molecule has 0 saturated carbocycles. The third-order valence-electron chi connectivity index (χ3n) is 4.85. The van der Waals surface area contributed by atoms with Crippen LogP contribution in [0.15, 0.2) is 17.1 Å². The first-order chi connectivity index (χ1) is 13.0. The Morgan fingerprint density at radius 1 is 1.11 bits per heavy atom. The second-order valence-corrected chi connectivity index (χ2v) is 6.43. The third kappa shape index (κ3) is 5.33. The van der Waals surface area contributed by atoms with Crippen molar-refractivity contribution in [2.45, 2.75) is 13.5 Å². The first-order valence-electron chi connectivity index (χ1n) is 8.81. The van der Waals surface area contributed by atoms with E-state index in [0.717, 1.165) is 18.1 Å². The summed E-state index contributed by atoms with van der Waals surface area (Å²) in [4.78, 5) is 18.3. The van der Waals surface area contributed by atoms with Crippen LogP contribution in [0.4, 0.5) is 0 Å². The van der Waals surface area contributed by atoms with Crippen LogP contribution < -0.4 is 19.5 Å². The highest BCUT2D eigenvalue weighted by Gasteiger charge is 2.36. The van der Waals surface area contributed by atoms with Gasteiger partial charge >= 0.3 is 5.97 Å². The van der Waals surface area contributed by atoms with Gasteiger partial charge in [-0.1, -0.05) is 6.92 Å². The Labute approximate surface area is 183 Å². The lowest BCUT2D eigenvalue weighted by Crippen LogP contribution is -2.40. The molecule has 0 radical (unpaired) electrons. The predicted molar refractivity (Wildman–Crippen MR) is 118 cm³/mol. The first kappa shape index (κ1) is 24.1. The Morgan fingerprint density at radius 3 is 2.25 bits per heavy atom. The van der Waals surface area contributed by atoms with E-state index in [4.69, 9.17) is 18.9 Å². The fourth-order valence-corrected chi connectivity index (χ4v) is 3.34. The highest BCUT2D eigenvalue weighted by atomic mass is 127. The summed E-state index contributed by atoms with van der Waals surface area (Å²) >= 11 is 0. The fourth-order valence-electron chi connectivity index (χ4n) is 3.34. The van der Waals surface area contributed by atoms with Crippen LogP contribution in [0.5, 0.6) is 17.2 Å². The smallest absolute Gasteiger partial charge is 0.310 e. The Balaban J connectivity index is 0.00000392. The van der Waals surface area contributed by atoms with Crippen molar-refractivity contribution < 1.29 is 23.7 Å². The van der Waals surface area contributed by atoms with Crippen molar-refractivity contribution in [2.75, 3.05) is 48.6 Å². The molecule has 0 amide bonds. The van der Waals surface area contributed by atoms with Crippen molar-refractivity contribution in [3.8, 4) is 17.2 Å². The molecule has 0 aliphatic carbocycles. The van der Waals surface area contributed by atoms with Crippen molar-refractivity contribution in [3.63, 3.8) is 0 Å². The molecule has 1 fully saturated rings. The summed E-state index contributed by atoms with van der Waals surface area (Å²) in [6.45, 7) is 3.86. The second kappa shape index (κ2) is 11.2. The standard InChI is InChI=1S/C19H29N3O5.HI/c1-12-10-22(11-14(12)18(23)27-6)19(20-2)21-9-13-7-16(25-4)17(26-5)8-15(13)24-3;/h7-8,12,14H,9-11H2,1-6H3,(H,20,21);1H. The number of guanidine groups is 1. The Morgan fingerprint density at radius 2 is 1.71 bits per heavy atom. The van der Waals surface area contributed by atoms with Gasteiger partial charge in [-0.3, -0.25) is 9.79 Å². The summed E-state index contributed by atoms with van der Waals surface area (Å²) in [5, 5.41) is 3.34. The van der Waals surface area contributed by atoms with E-state index in [0.29, 0.717) is 30.3 Å². The number of hydrogen-bond donors (Lipinski definition) is 1. The van der Waals surface area contributed by atoms with Gasteiger partial charge in [-0.25, -0.2) is 0 Å². The maximum absolute atomic E-state index is 11.9. The highest BCUT2D eigenvalue weighted by molar-refractivity contribution is 14.0. The number of nitrogens with zero attached hydrogens (tertiary/aromatic N) is 2. The van der Waals surface area contributed by atoms with Gasteiger partial charge < -0.3 is 29.2 Å². The van der Waals surface area contributed by atoms with Crippen LogP contribution >= 0.6 is 24.0 Å². The van der Waals surface area contributed by atoms with Crippen LogP contribution in [0.25, 0.3) is 0 Å². The summed E-state index contributed by atoms with van der Waals surface area (Å²) in [6, 6.07) is 3.67. The van der Waals surface area contributed by atoms with E-state index in [2.05, 4.69) is 15.2 Å². The molecule has 1 aliphatic rings. The van der Waals surface area contributed by atoms with Crippen LogP contribution in [-0.2, 0) is 16.1 Å². The van der Waals surface area contributed by atoms with Crippen LogP contribution in [-0.4, -0.2) is 65.4 Å². The van der Waals surface area contributed by atoms with E-state index in [1.165, 1.54) is 7.11 Å². The van der Waals surface area contributed by atoms with Crippen molar-refractivity contribution >= 4 is 35.9 Å². The summed E-state index contributed by atoms with van der Waals surface area (Å²) in [7, 11) is 7.95. The maximum Gasteiger partial charge on any atom is 0.310 e. The first-order valence-corrected chi connectivity index (χ1v) is 8.81. The number of hydrogen-bond acceptors (Lipinski definition) is 6. The fraction of sp³-hybridized carbons (Fsp3) is 0.579. The molecule has 0 aromatic heterocycles. The van der Waals surface area contributed by atoms with Crippen LogP contribution in [0.3, 0.4) is 0 Å². The number of aliphatic imine (C=N–C) groups is 1. The molecule has 1 aliphatic heterocycles. The van der Waals surface area contributed by atoms with Gasteiger partial charge in [0.1, 0.15) is 5.75 Å². The lowest BCUT2D eigenvalue weighted by molar-refractivity contribution is -0.145. The topological polar surface area (TPSA) is 81.6 Å². The van der Waals surface area contributed by atoms with E-state index in [1.807, 2.05) is 13.0 Å². The molecule has 9 heteroatoms. The van der Waals surface area contributed by atoms with Gasteiger partial charge in [-0.2, -0.15) is 0 Å². The maximum atomic E-state index is 11.9. The van der Waals surface area contributed by atoms with Gasteiger partial charge in [-0.05, 0) is 12.0 Å². The second-order valence-electron chi connectivity index (χ2n) is 6.43. The minimum absolute atomic E-state index is 0. The van der Waals surface area contributed by atoms with Gasteiger partial charge in [0.05, 0.1) is 34.4 Å². The molecular formula is C19H30IN3O5. The number of likely N-dealkylation sites (tertiary alicyclic amines) is 1. The van der Waals surface area contributed by atoms with E-state index in [1.54, 1.807) is 34.4 Å². The van der Waals surface area contributed by atoms with E-state index >= 15 is 0 Å². The van der Waals surface area contributed by atoms with Gasteiger partial charge in [0.2, 0.25) is 0 Å². The number of methoxy groups -OCH3 is 4. The van der Waals surface area contributed by atoms with Gasteiger partial charge in [0.25, 0.3) is 0 Å².